The Morgan fingerprint density at radius 3 is 2.45 bits per heavy atom. The predicted molar refractivity (Wildman–Crippen MR) is 83.6 cm³/mol. The monoisotopic (exact) mass is 338 g/mol. The molecule has 0 aliphatic heterocycles. The van der Waals surface area contributed by atoms with Crippen LogP contribution in [0.2, 0.25) is 10.3 Å². The highest BCUT2D eigenvalue weighted by Gasteiger charge is 2.33. The number of halogens is 3. The molecule has 114 valence electrons. The summed E-state index contributed by atoms with van der Waals surface area (Å²) in [4.78, 5) is 18.2. The lowest BCUT2D eigenvalue weighted by Crippen LogP contribution is -2.33. The van der Waals surface area contributed by atoms with Gasteiger partial charge in [0.25, 0.3) is 5.91 Å². The fourth-order valence-electron chi connectivity index (χ4n) is 2.32. The summed E-state index contributed by atoms with van der Waals surface area (Å²) in [6, 6.07) is 9.56. The van der Waals surface area contributed by atoms with E-state index in [1.165, 1.54) is 18.2 Å². The van der Waals surface area contributed by atoms with Gasteiger partial charge in [0.2, 0.25) is 0 Å². The third-order valence-corrected chi connectivity index (χ3v) is 3.94. The Morgan fingerprint density at radius 1 is 1.23 bits per heavy atom. The number of benzene rings is 1. The highest BCUT2D eigenvalue weighted by Crippen LogP contribution is 2.31. The van der Waals surface area contributed by atoms with Crippen LogP contribution in [0.25, 0.3) is 0 Å². The number of rotatable bonds is 4. The minimum absolute atomic E-state index is 0.137. The Kier molecular flexibility index (Phi) is 4.32. The van der Waals surface area contributed by atoms with Crippen molar-refractivity contribution in [3.8, 4) is 0 Å². The zero-order valence-electron chi connectivity index (χ0n) is 11.6. The smallest absolute Gasteiger partial charge is 0.254 e. The van der Waals surface area contributed by atoms with Crippen LogP contribution >= 0.6 is 23.2 Å². The first-order valence-electron chi connectivity index (χ1n) is 6.92. The number of carbonyl (C=O) groups excluding carboxylic acids is 1. The van der Waals surface area contributed by atoms with Crippen molar-refractivity contribution in [1.82, 2.24) is 9.88 Å². The summed E-state index contributed by atoms with van der Waals surface area (Å²) in [5, 5.41) is 0.329. The van der Waals surface area contributed by atoms with Crippen molar-refractivity contribution in [2.24, 2.45) is 0 Å². The highest BCUT2D eigenvalue weighted by atomic mass is 35.5. The van der Waals surface area contributed by atoms with Crippen molar-refractivity contribution in [2.75, 3.05) is 0 Å². The summed E-state index contributed by atoms with van der Waals surface area (Å²) in [7, 11) is 0. The average molecular weight is 339 g/mol. The van der Waals surface area contributed by atoms with Crippen LogP contribution < -0.4 is 0 Å². The summed E-state index contributed by atoms with van der Waals surface area (Å²) in [6.45, 7) is 0.230. The zero-order valence-corrected chi connectivity index (χ0v) is 13.1. The fraction of sp³-hybridized carbons (Fsp3) is 0.250. The quantitative estimate of drug-likeness (QED) is 0.777. The van der Waals surface area contributed by atoms with Gasteiger partial charge >= 0.3 is 0 Å². The van der Waals surface area contributed by atoms with Crippen molar-refractivity contribution >= 4 is 29.1 Å². The van der Waals surface area contributed by atoms with Gasteiger partial charge in [-0.3, -0.25) is 4.79 Å². The minimum atomic E-state index is -0.313. The van der Waals surface area contributed by atoms with Crippen molar-refractivity contribution < 1.29 is 9.18 Å². The number of carbonyl (C=O) groups is 1. The molecule has 0 bridgehead atoms. The molecule has 1 aromatic heterocycles. The molecule has 0 saturated heterocycles. The van der Waals surface area contributed by atoms with Crippen molar-refractivity contribution in [2.45, 2.75) is 25.4 Å². The Morgan fingerprint density at radius 2 is 1.86 bits per heavy atom. The summed E-state index contributed by atoms with van der Waals surface area (Å²) >= 11 is 11.7. The molecule has 0 radical (unpaired) electrons. The molecule has 0 unspecified atom stereocenters. The van der Waals surface area contributed by atoms with Crippen LogP contribution in [0.3, 0.4) is 0 Å². The molecule has 2 aromatic rings. The van der Waals surface area contributed by atoms with Gasteiger partial charge in [-0.1, -0.05) is 41.4 Å². The van der Waals surface area contributed by atoms with Crippen molar-refractivity contribution in [3.05, 3.63) is 63.6 Å². The lowest BCUT2D eigenvalue weighted by molar-refractivity contribution is 0.0728. The third kappa shape index (κ3) is 3.39. The number of nitrogens with zero attached hydrogens (tertiary/aromatic N) is 2. The highest BCUT2D eigenvalue weighted by molar-refractivity contribution is 6.33. The molecule has 3 nitrogen and oxygen atoms in total. The first kappa shape index (κ1) is 15.3. The van der Waals surface area contributed by atoms with E-state index in [2.05, 4.69) is 4.98 Å². The molecule has 6 heteroatoms. The maximum Gasteiger partial charge on any atom is 0.254 e. The van der Waals surface area contributed by atoms with Gasteiger partial charge < -0.3 is 4.90 Å². The van der Waals surface area contributed by atoms with Gasteiger partial charge in [-0.2, -0.15) is 0 Å². The number of aromatic nitrogens is 1. The topological polar surface area (TPSA) is 33.2 Å². The van der Waals surface area contributed by atoms with Gasteiger partial charge in [-0.05, 0) is 31.0 Å². The van der Waals surface area contributed by atoms with Gasteiger partial charge in [0.05, 0.1) is 0 Å². The SMILES string of the molecule is O=C(c1cc(Cl)nc(Cl)c1)N(Cc1ccccc1F)C1CC1. The first-order valence-corrected chi connectivity index (χ1v) is 7.67. The summed E-state index contributed by atoms with van der Waals surface area (Å²) in [5.74, 6) is -0.524. The molecule has 1 amide bonds. The lowest BCUT2D eigenvalue weighted by Gasteiger charge is -2.23. The molecule has 3 rings (SSSR count). The molecular formula is C16H13Cl2FN2O. The van der Waals surface area contributed by atoms with Crippen LogP contribution in [0, 0.1) is 5.82 Å². The molecule has 1 fully saturated rings. The second kappa shape index (κ2) is 6.23. The lowest BCUT2D eigenvalue weighted by atomic mass is 10.1. The average Bonchev–Trinajstić information content (AvgIpc) is 3.29. The second-order valence-electron chi connectivity index (χ2n) is 5.26. The molecule has 0 N–H and O–H groups in total. The van der Waals surface area contributed by atoms with E-state index in [1.807, 2.05) is 0 Å². The normalized spacial score (nSPS) is 14.0. The molecule has 1 aromatic carbocycles. The number of pyridine rings is 1. The van der Waals surface area contributed by atoms with Crippen molar-refractivity contribution in [3.63, 3.8) is 0 Å². The van der Waals surface area contributed by atoms with Crippen molar-refractivity contribution in [1.29, 1.82) is 0 Å². The van der Waals surface area contributed by atoms with Gasteiger partial charge in [0, 0.05) is 23.7 Å². The van der Waals surface area contributed by atoms with Gasteiger partial charge in [0.15, 0.2) is 0 Å². The van der Waals surface area contributed by atoms with Crippen LogP contribution in [0.4, 0.5) is 4.39 Å². The Labute approximate surface area is 137 Å². The van der Waals surface area contributed by atoms with E-state index in [1.54, 1.807) is 23.1 Å². The Balaban J connectivity index is 1.88. The summed E-state index contributed by atoms with van der Waals surface area (Å²) in [6.07, 6.45) is 1.85. The maximum atomic E-state index is 13.8. The largest absolute Gasteiger partial charge is 0.331 e. The number of hydrogen-bond donors (Lipinski definition) is 0. The molecule has 1 heterocycles. The number of hydrogen-bond acceptors (Lipinski definition) is 2. The van der Waals surface area contributed by atoms with Gasteiger partial charge in [-0.25, -0.2) is 9.37 Å². The zero-order chi connectivity index (χ0) is 15.7. The van der Waals surface area contributed by atoms with E-state index in [0.29, 0.717) is 11.1 Å². The van der Waals surface area contributed by atoms with Crippen LogP contribution in [0.15, 0.2) is 36.4 Å². The van der Waals surface area contributed by atoms with E-state index in [9.17, 15) is 9.18 Å². The Bertz CT molecular complexity index is 699. The molecule has 1 aliphatic carbocycles. The Hall–Kier alpha value is -1.65. The van der Waals surface area contributed by atoms with E-state index >= 15 is 0 Å². The predicted octanol–water partition coefficient (Wildman–Crippen LogP) is 4.33. The van der Waals surface area contributed by atoms with Crippen LogP contribution in [0.1, 0.15) is 28.8 Å². The second-order valence-corrected chi connectivity index (χ2v) is 6.03. The van der Waals surface area contributed by atoms with Crippen LogP contribution in [-0.4, -0.2) is 21.8 Å². The van der Waals surface area contributed by atoms with Crippen LogP contribution in [0.5, 0.6) is 0 Å². The molecule has 1 saturated carbocycles. The maximum absolute atomic E-state index is 13.8. The molecule has 0 atom stereocenters. The molecular weight excluding hydrogens is 326 g/mol. The van der Waals surface area contributed by atoms with Crippen LogP contribution in [-0.2, 0) is 6.54 Å². The van der Waals surface area contributed by atoms with Gasteiger partial charge in [-0.15, -0.1) is 0 Å². The standard InChI is InChI=1S/C16H13Cl2FN2O/c17-14-7-11(8-15(18)20-14)16(22)21(12-5-6-12)9-10-3-1-2-4-13(10)19/h1-4,7-8,12H,5-6,9H2. The van der Waals surface area contributed by atoms with Gasteiger partial charge in [0.1, 0.15) is 16.1 Å². The summed E-state index contributed by atoms with van der Waals surface area (Å²) in [5.41, 5.74) is 0.863. The molecule has 0 spiro atoms. The first-order chi connectivity index (χ1) is 10.5. The molecule has 22 heavy (non-hydrogen) atoms. The fourth-order valence-corrected chi connectivity index (χ4v) is 2.78. The molecule has 1 aliphatic rings. The summed E-state index contributed by atoms with van der Waals surface area (Å²) < 4.78 is 13.8. The minimum Gasteiger partial charge on any atom is -0.331 e. The van der Waals surface area contributed by atoms with E-state index in [-0.39, 0.29) is 34.6 Å². The third-order valence-electron chi connectivity index (χ3n) is 3.56. The van der Waals surface area contributed by atoms with E-state index in [4.69, 9.17) is 23.2 Å². The van der Waals surface area contributed by atoms with E-state index in [0.717, 1.165) is 12.8 Å². The van der Waals surface area contributed by atoms with E-state index < -0.39 is 0 Å². The number of amides is 1.